The van der Waals surface area contributed by atoms with Crippen molar-refractivity contribution in [2.75, 3.05) is 5.32 Å². The fourth-order valence-corrected chi connectivity index (χ4v) is 2.75. The lowest BCUT2D eigenvalue weighted by Gasteiger charge is -2.11. The highest BCUT2D eigenvalue weighted by molar-refractivity contribution is 8.00. The summed E-state index contributed by atoms with van der Waals surface area (Å²) in [4.78, 5) is 37.9. The predicted octanol–water partition coefficient (Wildman–Crippen LogP) is 3.31. The van der Waals surface area contributed by atoms with E-state index in [0.717, 1.165) is 11.8 Å². The molecule has 0 aliphatic carbocycles. The van der Waals surface area contributed by atoms with Crippen molar-refractivity contribution in [3.05, 3.63) is 58.3 Å². The van der Waals surface area contributed by atoms with E-state index in [0.29, 0.717) is 11.3 Å². The van der Waals surface area contributed by atoms with Crippen LogP contribution in [0, 0.1) is 10.1 Å². The highest BCUT2D eigenvalue weighted by atomic mass is 32.2. The second kappa shape index (κ2) is 7.69. The number of carbonyl (C=O) groups is 2. The highest BCUT2D eigenvalue weighted by Gasteiger charge is 2.21. The fourth-order valence-electron chi connectivity index (χ4n) is 1.87. The van der Waals surface area contributed by atoms with Gasteiger partial charge in [0.1, 0.15) is 0 Å². The maximum Gasteiger partial charge on any atom is 0.301 e. The highest BCUT2D eigenvalue weighted by Crippen LogP contribution is 2.30. The molecule has 0 spiro atoms. The van der Waals surface area contributed by atoms with E-state index in [1.165, 1.54) is 25.3 Å². The molecule has 0 saturated heterocycles. The first-order chi connectivity index (χ1) is 11.4. The van der Waals surface area contributed by atoms with Crippen LogP contribution in [0.1, 0.15) is 24.2 Å². The van der Waals surface area contributed by atoms with Crippen molar-refractivity contribution in [3.63, 3.8) is 0 Å². The van der Waals surface area contributed by atoms with Gasteiger partial charge in [0.25, 0.3) is 0 Å². The first kappa shape index (κ1) is 17.6. The first-order valence-corrected chi connectivity index (χ1v) is 7.94. The summed E-state index contributed by atoms with van der Waals surface area (Å²) < 4.78 is 0. The molecule has 1 N–H and O–H groups in total. The number of rotatable bonds is 6. The van der Waals surface area contributed by atoms with Gasteiger partial charge in [0.2, 0.25) is 5.91 Å². The number of amides is 1. The molecule has 1 heterocycles. The van der Waals surface area contributed by atoms with Gasteiger partial charge in [-0.2, -0.15) is 0 Å². The number of anilines is 1. The second-order valence-electron chi connectivity index (χ2n) is 4.97. The molecule has 24 heavy (non-hydrogen) atoms. The number of nitrogens with one attached hydrogen (secondary N) is 1. The molecule has 1 aromatic carbocycles. The molecule has 0 aliphatic rings. The van der Waals surface area contributed by atoms with Crippen LogP contribution in [-0.2, 0) is 4.79 Å². The number of hydrogen-bond donors (Lipinski definition) is 1. The van der Waals surface area contributed by atoms with Crippen molar-refractivity contribution in [3.8, 4) is 0 Å². The summed E-state index contributed by atoms with van der Waals surface area (Å²) in [6.45, 7) is 3.11. The van der Waals surface area contributed by atoms with Crippen LogP contribution in [-0.4, -0.2) is 26.8 Å². The van der Waals surface area contributed by atoms with Crippen LogP contribution in [0.4, 0.5) is 11.4 Å². The lowest BCUT2D eigenvalue weighted by molar-refractivity contribution is -0.388. The van der Waals surface area contributed by atoms with E-state index >= 15 is 0 Å². The minimum absolute atomic E-state index is 0.0562. The van der Waals surface area contributed by atoms with Crippen molar-refractivity contribution in [1.82, 2.24) is 4.98 Å². The number of thioether (sulfide) groups is 1. The summed E-state index contributed by atoms with van der Waals surface area (Å²) in [7, 11) is 0. The monoisotopic (exact) mass is 345 g/mol. The lowest BCUT2D eigenvalue weighted by Crippen LogP contribution is -2.22. The number of carbonyl (C=O) groups excluding carboxylic acids is 2. The minimum atomic E-state index is -0.578. The van der Waals surface area contributed by atoms with E-state index in [9.17, 15) is 19.7 Å². The van der Waals surface area contributed by atoms with Gasteiger partial charge in [0, 0.05) is 23.5 Å². The molecule has 0 aliphatic heterocycles. The summed E-state index contributed by atoms with van der Waals surface area (Å²) in [6.07, 6.45) is 1.44. The van der Waals surface area contributed by atoms with E-state index in [1.807, 2.05) is 0 Å². The van der Waals surface area contributed by atoms with Crippen LogP contribution in [0.25, 0.3) is 0 Å². The van der Waals surface area contributed by atoms with Gasteiger partial charge in [-0.05, 0) is 44.2 Å². The molecule has 0 unspecified atom stereocenters. The first-order valence-electron chi connectivity index (χ1n) is 7.06. The normalized spacial score (nSPS) is 11.6. The Kier molecular flexibility index (Phi) is 5.64. The Bertz CT molecular complexity index is 777. The molecule has 1 amide bonds. The Hall–Kier alpha value is -2.74. The number of benzene rings is 1. The van der Waals surface area contributed by atoms with Gasteiger partial charge in [-0.1, -0.05) is 11.8 Å². The largest absolute Gasteiger partial charge is 0.325 e. The molecule has 0 fully saturated rings. The van der Waals surface area contributed by atoms with Crippen LogP contribution in [0.3, 0.4) is 0 Å². The third-order valence-electron chi connectivity index (χ3n) is 3.16. The maximum atomic E-state index is 12.2. The zero-order valence-corrected chi connectivity index (χ0v) is 13.9. The number of Topliss-reactive ketones (excluding diaryl/α,β-unsaturated/α-hetero) is 1. The molecule has 2 aromatic rings. The molecule has 0 radical (unpaired) electrons. The van der Waals surface area contributed by atoms with Crippen molar-refractivity contribution >= 4 is 34.8 Å². The molecule has 1 atom stereocenters. The number of aromatic nitrogens is 1. The SMILES string of the molecule is CC(=O)c1ccc(NC(=O)[C@@H](C)Sc2ncccc2[N+](=O)[O-])cc1. The van der Waals surface area contributed by atoms with E-state index < -0.39 is 10.2 Å². The Morgan fingerprint density at radius 1 is 1.25 bits per heavy atom. The van der Waals surface area contributed by atoms with Gasteiger partial charge < -0.3 is 5.32 Å². The summed E-state index contributed by atoms with van der Waals surface area (Å²) >= 11 is 1.01. The molecule has 7 nitrogen and oxygen atoms in total. The quantitative estimate of drug-likeness (QED) is 0.373. The lowest BCUT2D eigenvalue weighted by atomic mass is 10.1. The third kappa shape index (κ3) is 4.39. The number of hydrogen-bond acceptors (Lipinski definition) is 6. The minimum Gasteiger partial charge on any atom is -0.325 e. The average molecular weight is 345 g/mol. The standard InChI is InChI=1S/C16H15N3O4S/c1-10(20)12-5-7-13(8-6-12)18-15(21)11(2)24-16-14(19(22)23)4-3-9-17-16/h3-9,11H,1-2H3,(H,18,21)/t11-/m1/s1. The fraction of sp³-hybridized carbons (Fsp3) is 0.188. The zero-order valence-electron chi connectivity index (χ0n) is 13.1. The van der Waals surface area contributed by atoms with Gasteiger partial charge in [-0.25, -0.2) is 4.98 Å². The smallest absolute Gasteiger partial charge is 0.301 e. The summed E-state index contributed by atoms with van der Waals surface area (Å²) in [5.41, 5.74) is 0.973. The topological polar surface area (TPSA) is 102 Å². The second-order valence-corrected chi connectivity index (χ2v) is 6.30. The van der Waals surface area contributed by atoms with Crippen LogP contribution < -0.4 is 5.32 Å². The third-order valence-corrected chi connectivity index (χ3v) is 4.27. The molecular weight excluding hydrogens is 330 g/mol. The van der Waals surface area contributed by atoms with E-state index in [-0.39, 0.29) is 22.4 Å². The molecule has 124 valence electrons. The molecule has 0 bridgehead atoms. The molecule has 8 heteroatoms. The van der Waals surface area contributed by atoms with Crippen molar-refractivity contribution < 1.29 is 14.5 Å². The van der Waals surface area contributed by atoms with Crippen LogP contribution >= 0.6 is 11.8 Å². The van der Waals surface area contributed by atoms with Crippen molar-refractivity contribution in [2.24, 2.45) is 0 Å². The molecule has 1 aromatic heterocycles. The van der Waals surface area contributed by atoms with E-state index in [4.69, 9.17) is 0 Å². The van der Waals surface area contributed by atoms with E-state index in [1.54, 1.807) is 31.2 Å². The maximum absolute atomic E-state index is 12.2. The average Bonchev–Trinajstić information content (AvgIpc) is 2.55. The van der Waals surface area contributed by atoms with Crippen LogP contribution in [0.5, 0.6) is 0 Å². The van der Waals surface area contributed by atoms with Crippen LogP contribution in [0.15, 0.2) is 47.6 Å². The predicted molar refractivity (Wildman–Crippen MR) is 91.3 cm³/mol. The van der Waals surface area contributed by atoms with Gasteiger partial charge in [0.05, 0.1) is 10.2 Å². The number of nitrogens with zero attached hydrogens (tertiary/aromatic N) is 2. The summed E-state index contributed by atoms with van der Waals surface area (Å²) in [5, 5.41) is 13.3. The van der Waals surface area contributed by atoms with Crippen molar-refractivity contribution in [2.45, 2.75) is 24.1 Å². The number of ketones is 1. The Labute approximate surface area is 142 Å². The van der Waals surface area contributed by atoms with Gasteiger partial charge in [-0.15, -0.1) is 0 Å². The Morgan fingerprint density at radius 2 is 1.92 bits per heavy atom. The molecule has 2 rings (SSSR count). The van der Waals surface area contributed by atoms with Crippen LogP contribution in [0.2, 0.25) is 0 Å². The molecular formula is C16H15N3O4S. The van der Waals surface area contributed by atoms with Crippen molar-refractivity contribution in [1.29, 1.82) is 0 Å². The summed E-state index contributed by atoms with van der Waals surface area (Å²) in [5.74, 6) is -0.366. The zero-order chi connectivity index (χ0) is 17.7. The summed E-state index contributed by atoms with van der Waals surface area (Å²) in [6, 6.07) is 9.34. The van der Waals surface area contributed by atoms with E-state index in [2.05, 4.69) is 10.3 Å². The number of nitro groups is 1. The van der Waals surface area contributed by atoms with Gasteiger partial charge in [-0.3, -0.25) is 19.7 Å². The van der Waals surface area contributed by atoms with Gasteiger partial charge in [0.15, 0.2) is 10.8 Å². The van der Waals surface area contributed by atoms with Gasteiger partial charge >= 0.3 is 5.69 Å². The molecule has 0 saturated carbocycles. The number of pyridine rings is 1. The Balaban J connectivity index is 2.05. The Morgan fingerprint density at radius 3 is 2.50 bits per heavy atom.